The lowest BCUT2D eigenvalue weighted by molar-refractivity contribution is 0.334. The molecule has 0 aliphatic carbocycles. The molecule has 3 nitrogen and oxygen atoms in total. The van der Waals surface area contributed by atoms with Crippen LogP contribution in [-0.2, 0) is 6.42 Å². The molecule has 1 saturated heterocycles. The number of piperidine rings is 1. The summed E-state index contributed by atoms with van der Waals surface area (Å²) in [6.07, 6.45) is 8.77. The Morgan fingerprint density at radius 2 is 2.15 bits per heavy atom. The predicted octanol–water partition coefficient (Wildman–Crippen LogP) is 3.64. The van der Waals surface area contributed by atoms with Gasteiger partial charge in [-0.1, -0.05) is 25.1 Å². The van der Waals surface area contributed by atoms with Crippen molar-refractivity contribution >= 4 is 0 Å². The van der Waals surface area contributed by atoms with E-state index in [9.17, 15) is 0 Å². The van der Waals surface area contributed by atoms with Gasteiger partial charge >= 0.3 is 0 Å². The first-order valence-electron chi connectivity index (χ1n) is 7.66. The highest BCUT2D eigenvalue weighted by atomic mass is 15.1. The molecule has 0 saturated carbocycles. The summed E-state index contributed by atoms with van der Waals surface area (Å²) in [5, 5.41) is 3.71. The van der Waals surface area contributed by atoms with E-state index in [1.54, 1.807) is 0 Å². The Bertz CT molecular complexity index is 573. The van der Waals surface area contributed by atoms with Gasteiger partial charge in [-0.15, -0.1) is 0 Å². The lowest BCUT2D eigenvalue weighted by atomic mass is 9.97. The quantitative estimate of drug-likeness (QED) is 0.922. The average molecular weight is 269 g/mol. The van der Waals surface area contributed by atoms with Crippen LogP contribution in [0.5, 0.6) is 0 Å². The van der Waals surface area contributed by atoms with Gasteiger partial charge < -0.3 is 9.88 Å². The van der Waals surface area contributed by atoms with Crippen molar-refractivity contribution < 1.29 is 0 Å². The van der Waals surface area contributed by atoms with E-state index in [0.717, 1.165) is 6.42 Å². The third kappa shape index (κ3) is 2.50. The molecule has 0 amide bonds. The zero-order valence-corrected chi connectivity index (χ0v) is 12.3. The van der Waals surface area contributed by atoms with E-state index >= 15 is 0 Å². The molecule has 106 valence electrons. The summed E-state index contributed by atoms with van der Waals surface area (Å²) in [5.41, 5.74) is 3.93. The minimum atomic E-state index is 0.422. The van der Waals surface area contributed by atoms with Crippen LogP contribution in [0.1, 0.15) is 50.4 Å². The van der Waals surface area contributed by atoms with Crippen molar-refractivity contribution in [3.8, 4) is 5.69 Å². The summed E-state index contributed by atoms with van der Waals surface area (Å²) in [6, 6.07) is 9.63. The zero-order chi connectivity index (χ0) is 13.9. The van der Waals surface area contributed by atoms with Gasteiger partial charge in [0.25, 0.3) is 0 Å². The van der Waals surface area contributed by atoms with Crippen molar-refractivity contribution in [3.63, 3.8) is 0 Å². The fraction of sp³-hybridized carbons (Fsp3) is 0.471. The van der Waals surface area contributed by atoms with Crippen molar-refractivity contribution in [1.82, 2.24) is 14.9 Å². The van der Waals surface area contributed by atoms with Crippen molar-refractivity contribution in [2.75, 3.05) is 0 Å². The molecule has 2 atom stereocenters. The highest BCUT2D eigenvalue weighted by Gasteiger charge is 2.22. The molecular weight excluding hydrogens is 246 g/mol. The van der Waals surface area contributed by atoms with E-state index in [1.807, 2.05) is 12.5 Å². The number of para-hydroxylation sites is 1. The molecule has 3 rings (SSSR count). The first-order valence-corrected chi connectivity index (χ1v) is 7.66. The van der Waals surface area contributed by atoms with Crippen molar-refractivity contribution in [3.05, 3.63) is 48.0 Å². The summed E-state index contributed by atoms with van der Waals surface area (Å²) in [4.78, 5) is 4.40. The second kappa shape index (κ2) is 5.80. The van der Waals surface area contributed by atoms with E-state index in [2.05, 4.69) is 53.0 Å². The molecule has 20 heavy (non-hydrogen) atoms. The van der Waals surface area contributed by atoms with Gasteiger partial charge in [0.05, 0.1) is 23.9 Å². The standard InChI is InChI=1S/C17H23N3/c1-3-14-8-4-5-10-16(14)20-12-18-11-17(20)15-9-6-7-13(2)19-15/h4-5,8,10-13,15,19H,3,6-7,9H2,1-2H3. The number of nitrogens with zero attached hydrogens (tertiary/aromatic N) is 2. The van der Waals surface area contributed by atoms with Crippen LogP contribution >= 0.6 is 0 Å². The number of nitrogens with one attached hydrogen (secondary N) is 1. The predicted molar refractivity (Wildman–Crippen MR) is 82.1 cm³/mol. The molecule has 1 fully saturated rings. The molecular formula is C17H23N3. The van der Waals surface area contributed by atoms with Crippen molar-refractivity contribution in [2.24, 2.45) is 0 Å². The number of aryl methyl sites for hydroxylation is 1. The van der Waals surface area contributed by atoms with E-state index in [0.29, 0.717) is 12.1 Å². The summed E-state index contributed by atoms with van der Waals surface area (Å²) >= 11 is 0. The number of benzene rings is 1. The average Bonchev–Trinajstić information content (AvgIpc) is 2.96. The summed E-state index contributed by atoms with van der Waals surface area (Å²) < 4.78 is 2.26. The van der Waals surface area contributed by atoms with Crippen LogP contribution < -0.4 is 5.32 Å². The van der Waals surface area contributed by atoms with Crippen LogP contribution in [0.25, 0.3) is 5.69 Å². The summed E-state index contributed by atoms with van der Waals surface area (Å²) in [7, 11) is 0. The van der Waals surface area contributed by atoms with Gasteiger partial charge in [-0.2, -0.15) is 0 Å². The topological polar surface area (TPSA) is 29.9 Å². The Hall–Kier alpha value is -1.61. The largest absolute Gasteiger partial charge is 0.306 e. The van der Waals surface area contributed by atoms with Gasteiger partial charge in [-0.3, -0.25) is 0 Å². The Morgan fingerprint density at radius 3 is 2.95 bits per heavy atom. The summed E-state index contributed by atoms with van der Waals surface area (Å²) in [6.45, 7) is 4.48. The number of hydrogen-bond donors (Lipinski definition) is 1. The van der Waals surface area contributed by atoms with E-state index in [4.69, 9.17) is 0 Å². The van der Waals surface area contributed by atoms with Gasteiger partial charge in [0.2, 0.25) is 0 Å². The van der Waals surface area contributed by atoms with Crippen molar-refractivity contribution in [2.45, 2.75) is 51.6 Å². The monoisotopic (exact) mass is 269 g/mol. The molecule has 1 aliphatic rings. The van der Waals surface area contributed by atoms with E-state index < -0.39 is 0 Å². The molecule has 3 heteroatoms. The third-order valence-corrected chi connectivity index (χ3v) is 4.27. The second-order valence-electron chi connectivity index (χ2n) is 5.72. The second-order valence-corrected chi connectivity index (χ2v) is 5.72. The van der Waals surface area contributed by atoms with Crippen LogP contribution in [-0.4, -0.2) is 15.6 Å². The number of hydrogen-bond acceptors (Lipinski definition) is 2. The van der Waals surface area contributed by atoms with Gasteiger partial charge in [-0.25, -0.2) is 4.98 Å². The van der Waals surface area contributed by atoms with Crippen molar-refractivity contribution in [1.29, 1.82) is 0 Å². The molecule has 2 heterocycles. The highest BCUT2D eigenvalue weighted by molar-refractivity contribution is 5.42. The third-order valence-electron chi connectivity index (χ3n) is 4.27. The lowest BCUT2D eigenvalue weighted by Gasteiger charge is -2.29. The number of rotatable bonds is 3. The normalized spacial score (nSPS) is 22.9. The maximum atomic E-state index is 4.40. The molecule has 1 aliphatic heterocycles. The van der Waals surface area contributed by atoms with Crippen LogP contribution in [0.2, 0.25) is 0 Å². The fourth-order valence-corrected chi connectivity index (χ4v) is 3.18. The molecule has 2 aromatic rings. The van der Waals surface area contributed by atoms with Crippen LogP contribution in [0.3, 0.4) is 0 Å². The fourth-order valence-electron chi connectivity index (χ4n) is 3.18. The Balaban J connectivity index is 1.97. The molecule has 0 spiro atoms. The molecule has 0 radical (unpaired) electrons. The van der Waals surface area contributed by atoms with Crippen LogP contribution in [0, 0.1) is 0 Å². The first-order chi connectivity index (χ1) is 9.79. The molecule has 1 aromatic carbocycles. The molecule has 0 bridgehead atoms. The van der Waals surface area contributed by atoms with Crippen LogP contribution in [0.15, 0.2) is 36.8 Å². The Labute approximate surface area is 121 Å². The minimum absolute atomic E-state index is 0.422. The van der Waals surface area contributed by atoms with Gasteiger partial charge in [-0.05, 0) is 44.2 Å². The first kappa shape index (κ1) is 13.4. The maximum Gasteiger partial charge on any atom is 0.0994 e. The van der Waals surface area contributed by atoms with Gasteiger partial charge in [0, 0.05) is 12.1 Å². The SMILES string of the molecule is CCc1ccccc1-n1cncc1C1CCCC(C)N1. The van der Waals surface area contributed by atoms with Crippen LogP contribution in [0.4, 0.5) is 0 Å². The van der Waals surface area contributed by atoms with E-state index in [-0.39, 0.29) is 0 Å². The zero-order valence-electron chi connectivity index (χ0n) is 12.3. The molecule has 1 N–H and O–H groups in total. The molecule has 1 aromatic heterocycles. The lowest BCUT2D eigenvalue weighted by Crippen LogP contribution is -2.35. The smallest absolute Gasteiger partial charge is 0.0994 e. The Morgan fingerprint density at radius 1 is 1.30 bits per heavy atom. The minimum Gasteiger partial charge on any atom is -0.306 e. The number of imidazole rings is 1. The summed E-state index contributed by atoms with van der Waals surface area (Å²) in [5.74, 6) is 0. The maximum absolute atomic E-state index is 4.40. The highest BCUT2D eigenvalue weighted by Crippen LogP contribution is 2.28. The number of aromatic nitrogens is 2. The van der Waals surface area contributed by atoms with Gasteiger partial charge in [0.15, 0.2) is 0 Å². The molecule has 2 unspecified atom stereocenters. The van der Waals surface area contributed by atoms with Gasteiger partial charge in [0.1, 0.15) is 0 Å². The van der Waals surface area contributed by atoms with E-state index in [1.165, 1.54) is 36.2 Å². The Kier molecular flexibility index (Phi) is 3.88.